The zero-order valence-corrected chi connectivity index (χ0v) is 23.1. The van der Waals surface area contributed by atoms with Crippen LogP contribution in [0.5, 0.6) is 5.75 Å². The summed E-state index contributed by atoms with van der Waals surface area (Å²) in [6.07, 6.45) is -12.8. The van der Waals surface area contributed by atoms with Crippen molar-refractivity contribution in [2.24, 2.45) is 0 Å². The first kappa shape index (κ1) is 34.6. The fourth-order valence-electron chi connectivity index (χ4n) is 4.20. The highest BCUT2D eigenvalue weighted by molar-refractivity contribution is 7.79. The number of hydrogen-bond donors (Lipinski definition) is 11. The van der Waals surface area contributed by atoms with Gasteiger partial charge in [0, 0.05) is 38.2 Å². The Bertz CT molecular complexity index is 1000. The van der Waals surface area contributed by atoms with Crippen LogP contribution in [0.3, 0.4) is 0 Å². The van der Waals surface area contributed by atoms with Crippen LogP contribution in [0.25, 0.3) is 10.8 Å². The van der Waals surface area contributed by atoms with E-state index in [0.29, 0.717) is 11.5 Å². The summed E-state index contributed by atoms with van der Waals surface area (Å²) in [7, 11) is 0. The number of thiol groups is 1. The topological polar surface area (TPSA) is 215 Å². The fraction of sp³-hybridized carbons (Fsp3) is 0.630. The van der Waals surface area contributed by atoms with Gasteiger partial charge in [0.15, 0.2) is 0 Å². The lowest BCUT2D eigenvalue weighted by molar-refractivity contribution is -0.0932. The molecule has 0 aliphatic rings. The van der Waals surface area contributed by atoms with Crippen molar-refractivity contribution in [3.8, 4) is 5.75 Å². The molecule has 0 saturated carbocycles. The van der Waals surface area contributed by atoms with E-state index in [1.165, 1.54) is 4.90 Å². The van der Waals surface area contributed by atoms with E-state index in [1.807, 2.05) is 30.3 Å². The maximum absolute atomic E-state index is 10.5. The van der Waals surface area contributed by atoms with Crippen LogP contribution in [-0.2, 0) is 5.75 Å². The molecule has 2 aromatic rings. The van der Waals surface area contributed by atoms with Gasteiger partial charge in [0.05, 0.1) is 49.8 Å². The highest BCUT2D eigenvalue weighted by Gasteiger charge is 2.30. The number of aliphatic hydroxyl groups excluding tert-OH is 10. The van der Waals surface area contributed by atoms with Gasteiger partial charge < -0.3 is 55.8 Å². The van der Waals surface area contributed by atoms with Gasteiger partial charge in [-0.3, -0.25) is 4.90 Å². The molecule has 0 radical (unpaired) electrons. The minimum Gasteiger partial charge on any atom is -0.492 e. The van der Waals surface area contributed by atoms with Gasteiger partial charge in [-0.15, -0.1) is 0 Å². The van der Waals surface area contributed by atoms with Crippen molar-refractivity contribution in [3.05, 3.63) is 42.0 Å². The van der Waals surface area contributed by atoms with Gasteiger partial charge in [0.25, 0.3) is 0 Å². The molecule has 0 heterocycles. The van der Waals surface area contributed by atoms with Gasteiger partial charge in [-0.05, 0) is 28.5 Å². The molecule has 0 bridgehead atoms. The van der Waals surface area contributed by atoms with E-state index in [9.17, 15) is 40.9 Å². The third kappa shape index (κ3) is 11.0. The Kier molecular flexibility index (Phi) is 15.0. The molecule has 0 saturated heterocycles. The molecule has 12 nitrogen and oxygen atoms in total. The zero-order chi connectivity index (χ0) is 29.8. The number of hydrogen-bond acceptors (Lipinski definition) is 13. The molecular weight excluding hydrogens is 546 g/mol. The van der Waals surface area contributed by atoms with E-state index in [0.717, 1.165) is 16.3 Å². The predicted octanol–water partition coefficient (Wildman–Crippen LogP) is -2.40. The maximum Gasteiger partial charge on any atom is 0.120 e. The summed E-state index contributed by atoms with van der Waals surface area (Å²) in [6.45, 7) is -1.67. The molecule has 0 amide bonds. The molecule has 0 aliphatic heterocycles. The van der Waals surface area contributed by atoms with E-state index in [4.69, 9.17) is 14.9 Å². The van der Waals surface area contributed by atoms with E-state index in [-0.39, 0.29) is 32.7 Å². The first-order valence-electron chi connectivity index (χ1n) is 13.1. The average molecular weight is 590 g/mol. The number of nitrogens with zero attached hydrogens (tertiary/aromatic N) is 1. The molecule has 2 aromatic carbocycles. The monoisotopic (exact) mass is 589 g/mol. The largest absolute Gasteiger partial charge is 0.492 e. The summed E-state index contributed by atoms with van der Waals surface area (Å²) in [5.74, 6) is 1.19. The number of ether oxygens (including phenoxy) is 1. The molecule has 228 valence electrons. The summed E-state index contributed by atoms with van der Waals surface area (Å²) < 4.78 is 5.85. The van der Waals surface area contributed by atoms with Gasteiger partial charge in [-0.2, -0.15) is 12.6 Å². The quantitative estimate of drug-likeness (QED) is 0.0774. The molecule has 0 unspecified atom stereocenters. The van der Waals surface area contributed by atoms with E-state index in [1.54, 1.807) is 6.07 Å². The van der Waals surface area contributed by atoms with Crippen LogP contribution >= 0.6 is 12.6 Å². The van der Waals surface area contributed by atoms with Crippen molar-refractivity contribution in [3.63, 3.8) is 0 Å². The van der Waals surface area contributed by atoms with Crippen LogP contribution in [-0.4, -0.2) is 144 Å². The Morgan fingerprint density at radius 1 is 0.675 bits per heavy atom. The number of benzene rings is 2. The molecule has 8 atom stereocenters. The Labute approximate surface area is 238 Å². The lowest BCUT2D eigenvalue weighted by atomic mass is 10.0. The first-order chi connectivity index (χ1) is 19.0. The third-order valence-electron chi connectivity index (χ3n) is 6.70. The zero-order valence-electron chi connectivity index (χ0n) is 22.2. The molecule has 40 heavy (non-hydrogen) atoms. The van der Waals surface area contributed by atoms with Crippen molar-refractivity contribution in [1.82, 2.24) is 4.90 Å². The van der Waals surface area contributed by atoms with Gasteiger partial charge in [0.1, 0.15) is 24.6 Å². The standard InChI is InChI=1S/C27H43NO11S/c29-13-19(31)9-23(34)27(38)25(36)12-28(11-24(35)21(32)10-22(33)26(37)14-30)5-6-39-20-4-3-17-7-16(15-40)1-2-18(17)8-20/h1-4,7-8,19,21-27,29-38,40H,5-6,9-15H2/t19-,21-,22-,23+,24-,25-,26+,27-/m0/s1. The summed E-state index contributed by atoms with van der Waals surface area (Å²) in [5, 5.41) is 101. The van der Waals surface area contributed by atoms with Crippen molar-refractivity contribution < 1.29 is 55.8 Å². The number of aliphatic hydroxyl groups is 10. The van der Waals surface area contributed by atoms with Gasteiger partial charge in [-0.1, -0.05) is 24.3 Å². The number of rotatable bonds is 19. The lowest BCUT2D eigenvalue weighted by Crippen LogP contribution is -2.50. The fourth-order valence-corrected chi connectivity index (χ4v) is 4.40. The van der Waals surface area contributed by atoms with Crippen molar-refractivity contribution in [1.29, 1.82) is 0 Å². The molecule has 13 heteroatoms. The molecule has 0 spiro atoms. The molecule has 0 fully saturated rings. The highest BCUT2D eigenvalue weighted by atomic mass is 32.1. The Hall–Kier alpha value is -1.59. The summed E-state index contributed by atoms with van der Waals surface area (Å²) in [4.78, 5) is 1.48. The van der Waals surface area contributed by atoms with Crippen LogP contribution in [0.15, 0.2) is 36.4 Å². The molecule has 10 N–H and O–H groups in total. The number of fused-ring (bicyclic) bond motifs is 1. The van der Waals surface area contributed by atoms with E-state index >= 15 is 0 Å². The second-order valence-electron chi connectivity index (χ2n) is 9.99. The van der Waals surface area contributed by atoms with Crippen LogP contribution in [0.4, 0.5) is 0 Å². The van der Waals surface area contributed by atoms with E-state index < -0.39 is 68.5 Å². The SMILES string of the molecule is OC[C@@H](O)C[C@@H](O)[C@H](O)[C@@H](O)CN(CCOc1ccc2cc(CS)ccc2c1)C[C@H](O)[C@@H](O)C[C@H](O)[C@H](O)CO. The summed E-state index contributed by atoms with van der Waals surface area (Å²) in [5.41, 5.74) is 1.08. The van der Waals surface area contributed by atoms with Crippen molar-refractivity contribution in [2.75, 3.05) is 39.5 Å². The predicted molar refractivity (Wildman–Crippen MR) is 150 cm³/mol. The molecule has 0 aromatic heterocycles. The Morgan fingerprint density at radius 2 is 1.30 bits per heavy atom. The highest BCUT2D eigenvalue weighted by Crippen LogP contribution is 2.23. The van der Waals surface area contributed by atoms with Crippen LogP contribution in [0, 0.1) is 0 Å². The first-order valence-corrected chi connectivity index (χ1v) is 13.8. The smallest absolute Gasteiger partial charge is 0.120 e. The van der Waals surface area contributed by atoms with Crippen molar-refractivity contribution in [2.45, 2.75) is 67.4 Å². The Morgan fingerprint density at radius 3 is 1.95 bits per heavy atom. The lowest BCUT2D eigenvalue weighted by Gasteiger charge is -2.32. The second kappa shape index (κ2) is 17.4. The van der Waals surface area contributed by atoms with Gasteiger partial charge in [-0.25, -0.2) is 0 Å². The van der Waals surface area contributed by atoms with Gasteiger partial charge in [0.2, 0.25) is 0 Å². The normalized spacial score (nSPS) is 18.2. The van der Waals surface area contributed by atoms with Crippen LogP contribution < -0.4 is 4.74 Å². The maximum atomic E-state index is 10.5. The molecule has 2 rings (SSSR count). The van der Waals surface area contributed by atoms with E-state index in [2.05, 4.69) is 12.6 Å². The van der Waals surface area contributed by atoms with Gasteiger partial charge >= 0.3 is 0 Å². The summed E-state index contributed by atoms with van der Waals surface area (Å²) in [6, 6.07) is 11.5. The Balaban J connectivity index is 2.06. The average Bonchev–Trinajstić information content (AvgIpc) is 2.95. The molecular formula is C27H43NO11S. The van der Waals surface area contributed by atoms with Crippen LogP contribution in [0.1, 0.15) is 18.4 Å². The van der Waals surface area contributed by atoms with Crippen LogP contribution in [0.2, 0.25) is 0 Å². The molecule has 0 aliphatic carbocycles. The second-order valence-corrected chi connectivity index (χ2v) is 10.3. The minimum atomic E-state index is -1.68. The third-order valence-corrected chi connectivity index (χ3v) is 7.06. The van der Waals surface area contributed by atoms with Crippen molar-refractivity contribution >= 4 is 23.4 Å². The summed E-state index contributed by atoms with van der Waals surface area (Å²) >= 11 is 4.29. The minimum absolute atomic E-state index is 0.0868.